The van der Waals surface area contributed by atoms with Crippen LogP contribution in [0.4, 0.5) is 0 Å². The van der Waals surface area contributed by atoms with Crippen molar-refractivity contribution >= 4 is 28.3 Å². The summed E-state index contributed by atoms with van der Waals surface area (Å²) in [6, 6.07) is 0.721. The minimum absolute atomic E-state index is 0.255. The summed E-state index contributed by atoms with van der Waals surface area (Å²) in [6.45, 7) is 8.69. The van der Waals surface area contributed by atoms with Gasteiger partial charge in [-0.15, -0.1) is 11.3 Å². The Hall–Kier alpha value is -0.550. The highest BCUT2D eigenvalue weighted by Gasteiger charge is 2.22. The van der Waals surface area contributed by atoms with Crippen LogP contribution in [0, 0.1) is 12.8 Å². The van der Waals surface area contributed by atoms with Crippen molar-refractivity contribution < 1.29 is 0 Å². The maximum atomic E-state index is 4.71. The van der Waals surface area contributed by atoms with Gasteiger partial charge in [0.2, 0.25) is 0 Å². The van der Waals surface area contributed by atoms with Crippen molar-refractivity contribution in [3.63, 3.8) is 0 Å². The number of hydrogen-bond donors (Lipinski definition) is 1. The minimum Gasteiger partial charge on any atom is -0.356 e. The van der Waals surface area contributed by atoms with Gasteiger partial charge in [0.05, 0.1) is 12.1 Å². The van der Waals surface area contributed by atoms with E-state index in [-0.39, 0.29) is 6.04 Å². The van der Waals surface area contributed by atoms with Crippen LogP contribution in [0.25, 0.3) is 0 Å². The smallest absolute Gasteiger partial charge is 0.157 e. The number of nitrogens with zero attached hydrogens (tertiary/aromatic N) is 2. The maximum Gasteiger partial charge on any atom is 0.157 e. The number of hydrogen-bond acceptors (Lipinski definition) is 5. The van der Waals surface area contributed by atoms with Crippen molar-refractivity contribution in [1.82, 2.24) is 10.3 Å². The van der Waals surface area contributed by atoms with E-state index in [4.69, 9.17) is 4.99 Å². The first-order valence-electron chi connectivity index (χ1n) is 5.95. The lowest BCUT2D eigenvalue weighted by Gasteiger charge is -2.11. The van der Waals surface area contributed by atoms with Crippen LogP contribution in [-0.2, 0) is 0 Å². The number of thiazole rings is 1. The molecule has 0 spiro atoms. The molecule has 2 atom stereocenters. The Morgan fingerprint density at radius 2 is 2.18 bits per heavy atom. The Kier molecular flexibility index (Phi) is 4.09. The molecule has 2 heterocycles. The van der Waals surface area contributed by atoms with Crippen molar-refractivity contribution in [2.24, 2.45) is 10.9 Å². The average Bonchev–Trinajstić information content (AvgIpc) is 2.86. The molecule has 0 bridgehead atoms. The molecule has 0 radical (unpaired) electrons. The van der Waals surface area contributed by atoms with Crippen molar-refractivity contribution in [1.29, 1.82) is 0 Å². The molecule has 1 aromatic rings. The molecule has 94 valence electrons. The molecule has 0 aliphatic carbocycles. The molecular weight excluding hydrogens is 250 g/mol. The van der Waals surface area contributed by atoms with E-state index in [1.54, 1.807) is 11.3 Å². The average molecular weight is 269 g/mol. The zero-order valence-electron chi connectivity index (χ0n) is 10.7. The highest BCUT2D eigenvalue weighted by Crippen LogP contribution is 2.25. The van der Waals surface area contributed by atoms with Gasteiger partial charge >= 0.3 is 0 Å². The van der Waals surface area contributed by atoms with Gasteiger partial charge in [0.1, 0.15) is 5.01 Å². The predicted octanol–water partition coefficient (Wildman–Crippen LogP) is 3.23. The Labute approximate surface area is 111 Å². The Balaban J connectivity index is 1.96. The van der Waals surface area contributed by atoms with Crippen LogP contribution in [0.3, 0.4) is 0 Å². The quantitative estimate of drug-likeness (QED) is 0.915. The summed E-state index contributed by atoms with van der Waals surface area (Å²) in [5.41, 5.74) is 0. The molecule has 0 amide bonds. The zero-order chi connectivity index (χ0) is 12.4. The van der Waals surface area contributed by atoms with E-state index in [2.05, 4.69) is 38.0 Å². The van der Waals surface area contributed by atoms with E-state index < -0.39 is 0 Å². The molecule has 5 heteroatoms. The lowest BCUT2D eigenvalue weighted by molar-refractivity contribution is 0.541. The molecule has 2 unspecified atom stereocenters. The highest BCUT2D eigenvalue weighted by atomic mass is 32.2. The second-order valence-corrected chi connectivity index (χ2v) is 7.01. The zero-order valence-corrected chi connectivity index (χ0v) is 12.4. The van der Waals surface area contributed by atoms with E-state index in [9.17, 15) is 0 Å². The van der Waals surface area contributed by atoms with Gasteiger partial charge in [0.25, 0.3) is 0 Å². The molecule has 3 nitrogen and oxygen atoms in total. The topological polar surface area (TPSA) is 37.3 Å². The van der Waals surface area contributed by atoms with E-state index >= 15 is 0 Å². The van der Waals surface area contributed by atoms with Crippen LogP contribution in [0.1, 0.15) is 36.7 Å². The number of amidine groups is 1. The van der Waals surface area contributed by atoms with E-state index in [1.807, 2.05) is 18.0 Å². The maximum absolute atomic E-state index is 4.71. The van der Waals surface area contributed by atoms with Crippen molar-refractivity contribution in [3.8, 4) is 0 Å². The number of aliphatic imine (C=N–C) groups is 1. The molecule has 1 aliphatic rings. The fourth-order valence-electron chi connectivity index (χ4n) is 1.63. The number of nitrogens with one attached hydrogen (secondary N) is 1. The fourth-order valence-corrected chi connectivity index (χ4v) is 3.66. The molecule has 0 saturated heterocycles. The third kappa shape index (κ3) is 3.22. The van der Waals surface area contributed by atoms with Crippen molar-refractivity contribution in [2.75, 3.05) is 5.75 Å². The molecule has 1 N–H and O–H groups in total. The first-order chi connectivity index (χ1) is 8.06. The number of aryl methyl sites for hydroxylation is 1. The van der Waals surface area contributed by atoms with Gasteiger partial charge in [-0.2, -0.15) is 0 Å². The van der Waals surface area contributed by atoms with Crippen LogP contribution < -0.4 is 5.32 Å². The molecular formula is C12H19N3S2. The third-order valence-corrected chi connectivity index (χ3v) is 4.89. The molecule has 0 fully saturated rings. The standard InChI is InChI=1S/C12H19N3S2/c1-7(2)10-6-16-12(15-10)14-9(4)11-13-5-8(3)17-11/h5,7,9-10H,6H2,1-4H3,(H,14,15). The molecule has 2 rings (SSSR count). The van der Waals surface area contributed by atoms with Crippen LogP contribution in [0.2, 0.25) is 0 Å². The Morgan fingerprint density at radius 1 is 1.41 bits per heavy atom. The van der Waals surface area contributed by atoms with Gasteiger partial charge in [0, 0.05) is 16.8 Å². The van der Waals surface area contributed by atoms with Crippen molar-refractivity contribution in [2.45, 2.75) is 39.8 Å². The highest BCUT2D eigenvalue weighted by molar-refractivity contribution is 8.14. The predicted molar refractivity (Wildman–Crippen MR) is 76.9 cm³/mol. The fraction of sp³-hybridized carbons (Fsp3) is 0.667. The number of thioether (sulfide) groups is 1. The lowest BCUT2D eigenvalue weighted by Crippen LogP contribution is -2.23. The first-order valence-corrected chi connectivity index (χ1v) is 7.76. The molecule has 0 saturated carbocycles. The summed E-state index contributed by atoms with van der Waals surface area (Å²) in [6.07, 6.45) is 1.93. The van der Waals surface area contributed by atoms with Crippen LogP contribution >= 0.6 is 23.1 Å². The minimum atomic E-state index is 0.255. The van der Waals surface area contributed by atoms with Crippen LogP contribution in [0.5, 0.6) is 0 Å². The lowest BCUT2D eigenvalue weighted by atomic mass is 10.1. The second kappa shape index (κ2) is 5.40. The monoisotopic (exact) mass is 269 g/mol. The van der Waals surface area contributed by atoms with E-state index in [0.29, 0.717) is 12.0 Å². The van der Waals surface area contributed by atoms with Crippen LogP contribution in [-0.4, -0.2) is 21.9 Å². The molecule has 0 aromatic carbocycles. The summed E-state index contributed by atoms with van der Waals surface area (Å²) >= 11 is 3.57. The normalized spacial score (nSPS) is 21.7. The largest absolute Gasteiger partial charge is 0.356 e. The van der Waals surface area contributed by atoms with Gasteiger partial charge in [-0.25, -0.2) is 4.98 Å². The van der Waals surface area contributed by atoms with Gasteiger partial charge in [-0.05, 0) is 19.8 Å². The Morgan fingerprint density at radius 3 is 2.71 bits per heavy atom. The van der Waals surface area contributed by atoms with Crippen LogP contribution in [0.15, 0.2) is 11.2 Å². The molecule has 1 aliphatic heterocycles. The van der Waals surface area contributed by atoms with E-state index in [0.717, 1.165) is 15.9 Å². The Bertz CT molecular complexity index is 412. The first kappa shape index (κ1) is 12.9. The summed E-state index contributed by atoms with van der Waals surface area (Å²) in [4.78, 5) is 10.4. The molecule has 17 heavy (non-hydrogen) atoms. The third-order valence-electron chi connectivity index (χ3n) is 2.79. The summed E-state index contributed by atoms with van der Waals surface area (Å²) in [7, 11) is 0. The van der Waals surface area contributed by atoms with Crippen molar-refractivity contribution in [3.05, 3.63) is 16.1 Å². The molecule has 1 aromatic heterocycles. The summed E-state index contributed by atoms with van der Waals surface area (Å²) in [5, 5.41) is 5.67. The second-order valence-electron chi connectivity index (χ2n) is 4.73. The van der Waals surface area contributed by atoms with Gasteiger partial charge in [0.15, 0.2) is 5.17 Å². The van der Waals surface area contributed by atoms with Gasteiger partial charge in [-0.3, -0.25) is 4.99 Å². The number of aromatic nitrogens is 1. The summed E-state index contributed by atoms with van der Waals surface area (Å²) in [5.74, 6) is 1.73. The van der Waals surface area contributed by atoms with E-state index in [1.165, 1.54) is 4.88 Å². The summed E-state index contributed by atoms with van der Waals surface area (Å²) < 4.78 is 0. The van der Waals surface area contributed by atoms with Gasteiger partial charge in [-0.1, -0.05) is 25.6 Å². The van der Waals surface area contributed by atoms with Gasteiger partial charge < -0.3 is 5.32 Å². The number of rotatable bonds is 3. The SMILES string of the molecule is Cc1cnc(C(C)NC2=NC(C(C)C)CS2)s1.